The molecule has 1 aromatic rings. The fourth-order valence-electron chi connectivity index (χ4n) is 6.87. The Bertz CT molecular complexity index is 849. The summed E-state index contributed by atoms with van der Waals surface area (Å²) in [6.07, 6.45) is 3.11. The second-order valence-corrected chi connectivity index (χ2v) is 14.9. The molecule has 2 fully saturated rings. The van der Waals surface area contributed by atoms with Gasteiger partial charge in [0.05, 0.1) is 13.2 Å². The number of benzene rings is 1. The van der Waals surface area contributed by atoms with Crippen LogP contribution in [0.4, 0.5) is 0 Å². The molecule has 0 aliphatic carbocycles. The highest BCUT2D eigenvalue weighted by molar-refractivity contribution is 7.55. The number of hydrogen-bond acceptors (Lipinski definition) is 6. The van der Waals surface area contributed by atoms with Crippen molar-refractivity contribution in [3.63, 3.8) is 0 Å². The zero-order valence-electron chi connectivity index (χ0n) is 24.8. The minimum atomic E-state index is -3.49. The van der Waals surface area contributed by atoms with Gasteiger partial charge in [-0.1, -0.05) is 18.2 Å². The van der Waals surface area contributed by atoms with Crippen molar-refractivity contribution in [2.24, 2.45) is 0 Å². The summed E-state index contributed by atoms with van der Waals surface area (Å²) in [5.74, 6) is 0.585. The molecule has 1 aromatic carbocycles. The summed E-state index contributed by atoms with van der Waals surface area (Å²) in [6.45, 7) is 22.7. The van der Waals surface area contributed by atoms with E-state index in [4.69, 9.17) is 14.2 Å². The van der Waals surface area contributed by atoms with E-state index in [1.165, 1.54) is 0 Å². The molecular weight excluding hydrogens is 487 g/mol. The number of hydroxylamine groups is 4. The van der Waals surface area contributed by atoms with Crippen LogP contribution in [-0.4, -0.2) is 57.6 Å². The van der Waals surface area contributed by atoms with Crippen LogP contribution in [0.2, 0.25) is 0 Å². The van der Waals surface area contributed by atoms with Crippen LogP contribution in [0.1, 0.15) is 94.9 Å². The average molecular weight is 539 g/mol. The Morgan fingerprint density at radius 2 is 1.08 bits per heavy atom. The molecular formula is C28H51N4O4P. The topological polar surface area (TPSA) is 75.3 Å². The SMILES string of the molecule is CCON1C(C)(C)CC(NP(=O)(NC2CC(C)(C)N(OCC)C(C)(C)C2)Oc2ccccc2)CC1(C)C. The van der Waals surface area contributed by atoms with Gasteiger partial charge in [-0.3, -0.25) is 9.68 Å². The van der Waals surface area contributed by atoms with Gasteiger partial charge in [-0.05, 0) is 107 Å². The Balaban J connectivity index is 1.87. The summed E-state index contributed by atoms with van der Waals surface area (Å²) >= 11 is 0. The molecule has 2 heterocycles. The van der Waals surface area contributed by atoms with Crippen molar-refractivity contribution >= 4 is 7.67 Å². The number of hydrogen-bond donors (Lipinski definition) is 2. The average Bonchev–Trinajstić information content (AvgIpc) is 2.72. The van der Waals surface area contributed by atoms with E-state index in [1.807, 2.05) is 44.2 Å². The lowest BCUT2D eigenvalue weighted by Crippen LogP contribution is -2.64. The lowest BCUT2D eigenvalue weighted by Gasteiger charge is -2.55. The highest BCUT2D eigenvalue weighted by Crippen LogP contribution is 2.48. The molecule has 0 atom stereocenters. The molecule has 2 aliphatic heterocycles. The molecule has 0 saturated carbocycles. The van der Waals surface area contributed by atoms with E-state index >= 15 is 0 Å². The summed E-state index contributed by atoms with van der Waals surface area (Å²) in [7, 11) is -3.49. The zero-order chi connectivity index (χ0) is 27.7. The normalized spacial score (nSPS) is 24.7. The van der Waals surface area contributed by atoms with E-state index in [1.54, 1.807) is 0 Å². The summed E-state index contributed by atoms with van der Waals surface area (Å²) in [4.78, 5) is 12.1. The Labute approximate surface area is 225 Å². The molecule has 0 bridgehead atoms. The maximum Gasteiger partial charge on any atom is 0.390 e. The third kappa shape index (κ3) is 7.36. The van der Waals surface area contributed by atoms with E-state index in [2.05, 4.69) is 75.7 Å². The van der Waals surface area contributed by atoms with Gasteiger partial charge < -0.3 is 4.52 Å². The first-order valence-corrected chi connectivity index (χ1v) is 15.4. The molecule has 2 N–H and O–H groups in total. The maximum absolute atomic E-state index is 14.6. The van der Waals surface area contributed by atoms with Crippen LogP contribution in [0, 0.1) is 0 Å². The number of nitrogens with zero attached hydrogens (tertiary/aromatic N) is 2. The van der Waals surface area contributed by atoms with Crippen LogP contribution < -0.4 is 14.7 Å². The van der Waals surface area contributed by atoms with E-state index in [-0.39, 0.29) is 34.2 Å². The number of rotatable bonds is 10. The standard InChI is InChI=1S/C28H51N4O4P/c1-11-34-31-25(3,4)18-22(19-26(31,5)6)29-37(33,36-24-16-14-13-15-17-24)30-23-20-27(7,8)32(35-12-2)28(9,10)21-23/h13-17,22-23H,11-12,18-21H2,1-10H3,(H2,29,30,33). The van der Waals surface area contributed by atoms with Gasteiger partial charge in [0.15, 0.2) is 0 Å². The molecule has 0 aromatic heterocycles. The molecule has 8 nitrogen and oxygen atoms in total. The van der Waals surface area contributed by atoms with E-state index in [0.717, 1.165) is 25.7 Å². The Morgan fingerprint density at radius 1 is 0.730 bits per heavy atom. The van der Waals surface area contributed by atoms with Crippen molar-refractivity contribution in [2.75, 3.05) is 13.2 Å². The van der Waals surface area contributed by atoms with Crippen molar-refractivity contribution in [2.45, 2.75) is 129 Å². The zero-order valence-corrected chi connectivity index (χ0v) is 25.7. The Hall–Kier alpha value is -0.990. The van der Waals surface area contributed by atoms with Gasteiger partial charge in [0.1, 0.15) is 5.75 Å². The number of para-hydroxylation sites is 1. The summed E-state index contributed by atoms with van der Waals surface area (Å²) in [5.41, 5.74) is -0.945. The minimum Gasteiger partial charge on any atom is -0.422 e. The monoisotopic (exact) mass is 538 g/mol. The minimum absolute atomic E-state index is 0.0201. The van der Waals surface area contributed by atoms with Gasteiger partial charge in [-0.2, -0.15) is 10.1 Å². The van der Waals surface area contributed by atoms with Crippen LogP contribution in [0.25, 0.3) is 0 Å². The van der Waals surface area contributed by atoms with Gasteiger partial charge in [0.2, 0.25) is 0 Å². The van der Waals surface area contributed by atoms with Crippen molar-refractivity contribution in [1.82, 2.24) is 20.3 Å². The van der Waals surface area contributed by atoms with Crippen molar-refractivity contribution in [1.29, 1.82) is 0 Å². The van der Waals surface area contributed by atoms with Gasteiger partial charge in [-0.15, -0.1) is 0 Å². The van der Waals surface area contributed by atoms with Crippen LogP contribution in [0.5, 0.6) is 5.75 Å². The molecule has 37 heavy (non-hydrogen) atoms. The molecule has 0 amide bonds. The maximum atomic E-state index is 14.6. The highest BCUT2D eigenvalue weighted by atomic mass is 31.2. The second-order valence-electron chi connectivity index (χ2n) is 13.1. The van der Waals surface area contributed by atoms with Gasteiger partial charge in [0.25, 0.3) is 0 Å². The molecule has 0 spiro atoms. The molecule has 9 heteroatoms. The second kappa shape index (κ2) is 11.2. The first kappa shape index (κ1) is 30.6. The van der Waals surface area contributed by atoms with Gasteiger partial charge in [-0.25, -0.2) is 14.7 Å². The lowest BCUT2D eigenvalue weighted by molar-refractivity contribution is -0.281. The van der Waals surface area contributed by atoms with Crippen LogP contribution in [0.15, 0.2) is 30.3 Å². The molecule has 2 aliphatic rings. The molecule has 212 valence electrons. The molecule has 0 radical (unpaired) electrons. The quantitative estimate of drug-likeness (QED) is 0.336. The first-order chi connectivity index (χ1) is 17.0. The predicted molar refractivity (Wildman–Crippen MR) is 150 cm³/mol. The molecule has 2 saturated heterocycles. The molecule has 0 unspecified atom stereocenters. The van der Waals surface area contributed by atoms with Gasteiger partial charge in [0, 0.05) is 34.2 Å². The summed E-state index contributed by atoms with van der Waals surface area (Å²) < 4.78 is 20.9. The Morgan fingerprint density at radius 3 is 1.41 bits per heavy atom. The summed E-state index contributed by atoms with van der Waals surface area (Å²) in [6, 6.07) is 9.40. The van der Waals surface area contributed by atoms with Crippen molar-refractivity contribution in [3.05, 3.63) is 30.3 Å². The van der Waals surface area contributed by atoms with Crippen LogP contribution in [0.3, 0.4) is 0 Å². The smallest absolute Gasteiger partial charge is 0.390 e. The van der Waals surface area contributed by atoms with E-state index in [0.29, 0.717) is 19.0 Å². The third-order valence-electron chi connectivity index (χ3n) is 7.38. The number of piperidine rings is 2. The fourth-order valence-corrected chi connectivity index (χ4v) is 8.79. The summed E-state index contributed by atoms with van der Waals surface area (Å²) in [5, 5.41) is 11.2. The highest BCUT2D eigenvalue weighted by Gasteiger charge is 2.50. The van der Waals surface area contributed by atoms with Crippen molar-refractivity contribution < 1.29 is 18.8 Å². The van der Waals surface area contributed by atoms with Crippen LogP contribution >= 0.6 is 7.67 Å². The predicted octanol–water partition coefficient (Wildman–Crippen LogP) is 6.30. The van der Waals surface area contributed by atoms with Crippen LogP contribution in [-0.2, 0) is 14.2 Å². The molecule has 3 rings (SSSR count). The lowest BCUT2D eigenvalue weighted by atomic mass is 9.79. The largest absolute Gasteiger partial charge is 0.422 e. The third-order valence-corrected chi connectivity index (χ3v) is 9.26. The Kier molecular flexibility index (Phi) is 9.28. The van der Waals surface area contributed by atoms with E-state index in [9.17, 15) is 4.57 Å². The fraction of sp³-hybridized carbons (Fsp3) is 0.786. The van der Waals surface area contributed by atoms with E-state index < -0.39 is 7.67 Å². The number of nitrogens with one attached hydrogen (secondary N) is 2. The van der Waals surface area contributed by atoms with Crippen molar-refractivity contribution in [3.8, 4) is 5.75 Å². The first-order valence-electron chi connectivity index (χ1n) is 13.8. The van der Waals surface area contributed by atoms with Gasteiger partial charge >= 0.3 is 7.67 Å².